The maximum absolute atomic E-state index is 10.9. The molecule has 4 heteroatoms. The van der Waals surface area contributed by atoms with Gasteiger partial charge in [0.25, 0.3) is 0 Å². The van der Waals surface area contributed by atoms with Crippen molar-refractivity contribution in [3.05, 3.63) is 28.3 Å². The standard InChI is InChI=1S/C12H15NO3.2C2H6/c1-6-3-8-4-10(12(15)16)13-5-9(8)7(2)11(6)14;2*1-2/h3,10,13-14H,4-5H2,1-2H3,(H,15,16);2*1-2H3. The fraction of sp³-hybridized carbons (Fsp3) is 0.562. The molecule has 1 aliphatic rings. The maximum Gasteiger partial charge on any atom is 0.321 e. The Balaban J connectivity index is 0.000000829. The minimum absolute atomic E-state index is 0.314. The van der Waals surface area contributed by atoms with Gasteiger partial charge in [0.2, 0.25) is 0 Å². The summed E-state index contributed by atoms with van der Waals surface area (Å²) in [7, 11) is 0. The molecule has 1 heterocycles. The number of carbonyl (C=O) groups is 1. The van der Waals surface area contributed by atoms with Crippen molar-refractivity contribution in [1.82, 2.24) is 5.32 Å². The Hall–Kier alpha value is -1.55. The Morgan fingerprint density at radius 2 is 1.80 bits per heavy atom. The van der Waals surface area contributed by atoms with Gasteiger partial charge < -0.3 is 10.2 Å². The first-order valence-electron chi connectivity index (χ1n) is 7.27. The molecule has 0 radical (unpaired) electrons. The zero-order valence-corrected chi connectivity index (χ0v) is 13.4. The van der Waals surface area contributed by atoms with Crippen molar-refractivity contribution in [3.63, 3.8) is 0 Å². The van der Waals surface area contributed by atoms with E-state index >= 15 is 0 Å². The Kier molecular flexibility index (Phi) is 7.92. The van der Waals surface area contributed by atoms with Crippen molar-refractivity contribution in [2.75, 3.05) is 0 Å². The van der Waals surface area contributed by atoms with E-state index in [0.717, 1.165) is 22.3 Å². The van der Waals surface area contributed by atoms with Crippen LogP contribution in [0, 0.1) is 13.8 Å². The smallest absolute Gasteiger partial charge is 0.321 e. The number of benzene rings is 1. The number of hydrogen-bond acceptors (Lipinski definition) is 3. The molecule has 1 unspecified atom stereocenters. The average molecular weight is 281 g/mol. The molecule has 114 valence electrons. The number of aryl methyl sites for hydroxylation is 1. The largest absolute Gasteiger partial charge is 0.507 e. The summed E-state index contributed by atoms with van der Waals surface area (Å²) in [6.07, 6.45) is 0.479. The SMILES string of the molecule is CC.CC.Cc1cc2c(c(C)c1O)CNC(C(=O)O)C2. The topological polar surface area (TPSA) is 69.6 Å². The van der Waals surface area contributed by atoms with Gasteiger partial charge in [0, 0.05) is 6.54 Å². The van der Waals surface area contributed by atoms with Crippen LogP contribution in [0.4, 0.5) is 0 Å². The molecule has 20 heavy (non-hydrogen) atoms. The molecule has 4 nitrogen and oxygen atoms in total. The normalized spacial score (nSPS) is 16.0. The van der Waals surface area contributed by atoms with Crippen LogP contribution in [0.1, 0.15) is 49.9 Å². The first kappa shape index (κ1) is 18.4. The summed E-state index contributed by atoms with van der Waals surface area (Å²) in [6.45, 7) is 12.2. The van der Waals surface area contributed by atoms with Crippen molar-refractivity contribution in [2.45, 2.75) is 60.5 Å². The van der Waals surface area contributed by atoms with E-state index < -0.39 is 12.0 Å². The number of phenols is 1. The average Bonchev–Trinajstić information content (AvgIpc) is 2.48. The minimum atomic E-state index is -0.825. The second-order valence-electron chi connectivity index (χ2n) is 4.28. The van der Waals surface area contributed by atoms with Crippen LogP contribution in [0.3, 0.4) is 0 Å². The number of aliphatic carboxylic acids is 1. The number of fused-ring (bicyclic) bond motifs is 1. The zero-order chi connectivity index (χ0) is 15.9. The summed E-state index contributed by atoms with van der Waals surface area (Å²) in [6, 6.07) is 1.37. The highest BCUT2D eigenvalue weighted by molar-refractivity contribution is 5.74. The molecule has 0 saturated carbocycles. The molecule has 1 aliphatic heterocycles. The molecule has 0 aliphatic carbocycles. The van der Waals surface area contributed by atoms with Gasteiger partial charge in [0.1, 0.15) is 11.8 Å². The third-order valence-electron chi connectivity index (χ3n) is 3.21. The van der Waals surface area contributed by atoms with E-state index in [4.69, 9.17) is 5.11 Å². The molecule has 0 spiro atoms. The molecule has 0 fully saturated rings. The van der Waals surface area contributed by atoms with Gasteiger partial charge in [0.05, 0.1) is 0 Å². The van der Waals surface area contributed by atoms with Crippen LogP contribution >= 0.6 is 0 Å². The van der Waals surface area contributed by atoms with E-state index in [-0.39, 0.29) is 0 Å². The summed E-state index contributed by atoms with van der Waals surface area (Å²) in [5.41, 5.74) is 3.72. The summed E-state index contributed by atoms with van der Waals surface area (Å²) < 4.78 is 0. The lowest BCUT2D eigenvalue weighted by atomic mass is 9.90. The number of nitrogens with one attached hydrogen (secondary N) is 1. The van der Waals surface area contributed by atoms with Gasteiger partial charge in [0.15, 0.2) is 0 Å². The van der Waals surface area contributed by atoms with E-state index in [1.807, 2.05) is 47.6 Å². The highest BCUT2D eigenvalue weighted by atomic mass is 16.4. The van der Waals surface area contributed by atoms with Gasteiger partial charge >= 0.3 is 5.97 Å². The highest BCUT2D eigenvalue weighted by Crippen LogP contribution is 2.30. The Morgan fingerprint density at radius 1 is 1.25 bits per heavy atom. The minimum Gasteiger partial charge on any atom is -0.507 e. The van der Waals surface area contributed by atoms with Gasteiger partial charge in [-0.1, -0.05) is 33.8 Å². The Morgan fingerprint density at radius 3 is 2.30 bits per heavy atom. The van der Waals surface area contributed by atoms with Crippen LogP contribution in [0.2, 0.25) is 0 Å². The predicted octanol–water partition coefficient (Wildman–Crippen LogP) is 3.16. The fourth-order valence-corrected chi connectivity index (χ4v) is 2.22. The van der Waals surface area contributed by atoms with E-state index in [1.165, 1.54) is 0 Å². The molecule has 1 atom stereocenters. The molecule has 0 amide bonds. The fourth-order valence-electron chi connectivity index (χ4n) is 2.22. The highest BCUT2D eigenvalue weighted by Gasteiger charge is 2.25. The molecular formula is C16H27NO3. The van der Waals surface area contributed by atoms with E-state index in [1.54, 1.807) is 0 Å². The Bertz CT molecular complexity index is 456. The zero-order valence-electron chi connectivity index (χ0n) is 13.4. The van der Waals surface area contributed by atoms with Crippen molar-refractivity contribution < 1.29 is 15.0 Å². The molecule has 3 N–H and O–H groups in total. The van der Waals surface area contributed by atoms with Crippen LogP contribution < -0.4 is 5.32 Å². The number of phenolic OH excluding ortho intramolecular Hbond substituents is 1. The summed E-state index contributed by atoms with van der Waals surface area (Å²) in [5.74, 6) is -0.511. The lowest BCUT2D eigenvalue weighted by Gasteiger charge is -2.25. The number of aromatic hydroxyl groups is 1. The molecule has 0 saturated heterocycles. The molecular weight excluding hydrogens is 254 g/mol. The Labute approximate surface area is 121 Å². The number of rotatable bonds is 1. The van der Waals surface area contributed by atoms with Crippen molar-refractivity contribution >= 4 is 5.97 Å². The van der Waals surface area contributed by atoms with Crippen LogP contribution in [0.5, 0.6) is 5.75 Å². The van der Waals surface area contributed by atoms with Gasteiger partial charge in [-0.05, 0) is 42.5 Å². The molecule has 1 aromatic rings. The van der Waals surface area contributed by atoms with Crippen LogP contribution in [0.15, 0.2) is 6.07 Å². The van der Waals surface area contributed by atoms with E-state index in [9.17, 15) is 9.90 Å². The molecule has 1 aromatic carbocycles. The van der Waals surface area contributed by atoms with Crippen molar-refractivity contribution in [1.29, 1.82) is 0 Å². The quantitative estimate of drug-likeness (QED) is 0.739. The van der Waals surface area contributed by atoms with Crippen molar-refractivity contribution in [2.24, 2.45) is 0 Å². The van der Waals surface area contributed by atoms with Gasteiger partial charge in [-0.15, -0.1) is 0 Å². The third kappa shape index (κ3) is 3.97. The van der Waals surface area contributed by atoms with Crippen LogP contribution in [-0.2, 0) is 17.8 Å². The number of carboxylic acid groups (broad SMARTS) is 1. The number of hydrogen-bond donors (Lipinski definition) is 3. The van der Waals surface area contributed by atoms with Gasteiger partial charge in [-0.3, -0.25) is 10.1 Å². The monoisotopic (exact) mass is 281 g/mol. The lowest BCUT2D eigenvalue weighted by molar-refractivity contribution is -0.139. The second kappa shape index (κ2) is 8.59. The first-order valence-corrected chi connectivity index (χ1v) is 7.27. The number of carboxylic acids is 1. The summed E-state index contributed by atoms with van der Waals surface area (Å²) >= 11 is 0. The van der Waals surface area contributed by atoms with Gasteiger partial charge in [-0.2, -0.15) is 0 Å². The van der Waals surface area contributed by atoms with Gasteiger partial charge in [-0.25, -0.2) is 0 Å². The first-order chi connectivity index (χ1) is 9.50. The third-order valence-corrected chi connectivity index (χ3v) is 3.21. The summed E-state index contributed by atoms with van der Waals surface area (Å²) in [4.78, 5) is 10.9. The predicted molar refractivity (Wildman–Crippen MR) is 82.2 cm³/mol. The lowest BCUT2D eigenvalue weighted by Crippen LogP contribution is -2.41. The molecule has 0 aromatic heterocycles. The van der Waals surface area contributed by atoms with E-state index in [0.29, 0.717) is 18.7 Å². The maximum atomic E-state index is 10.9. The van der Waals surface area contributed by atoms with E-state index in [2.05, 4.69) is 5.32 Å². The summed E-state index contributed by atoms with van der Waals surface area (Å²) in [5, 5.41) is 21.7. The molecule has 2 rings (SSSR count). The molecule has 0 bridgehead atoms. The van der Waals surface area contributed by atoms with Crippen LogP contribution in [-0.4, -0.2) is 22.2 Å². The van der Waals surface area contributed by atoms with Crippen LogP contribution in [0.25, 0.3) is 0 Å². The van der Waals surface area contributed by atoms with Crippen molar-refractivity contribution in [3.8, 4) is 5.75 Å². The second-order valence-corrected chi connectivity index (χ2v) is 4.28.